The summed E-state index contributed by atoms with van der Waals surface area (Å²) >= 11 is 3.38. The van der Waals surface area contributed by atoms with E-state index in [2.05, 4.69) is 36.5 Å². The van der Waals surface area contributed by atoms with Gasteiger partial charge in [-0.15, -0.1) is 0 Å². The summed E-state index contributed by atoms with van der Waals surface area (Å²) in [4.78, 5) is 8.36. The number of anilines is 2. The van der Waals surface area contributed by atoms with Crippen molar-refractivity contribution in [3.05, 3.63) is 10.7 Å². The summed E-state index contributed by atoms with van der Waals surface area (Å²) in [5.41, 5.74) is 0. The van der Waals surface area contributed by atoms with Crippen molar-refractivity contribution >= 4 is 27.7 Å². The molecule has 0 aliphatic carbocycles. The van der Waals surface area contributed by atoms with Gasteiger partial charge in [0.2, 0.25) is 5.95 Å². The lowest BCUT2D eigenvalue weighted by atomic mass is 10.1. The van der Waals surface area contributed by atoms with Gasteiger partial charge in [-0.1, -0.05) is 6.92 Å². The fourth-order valence-corrected chi connectivity index (χ4v) is 1.41. The molecular formula is C10H17BrN4O. The minimum absolute atomic E-state index is 0.140. The molecule has 5 nitrogen and oxygen atoms in total. The van der Waals surface area contributed by atoms with Crippen LogP contribution in [-0.2, 0) is 0 Å². The third-order valence-electron chi connectivity index (χ3n) is 2.47. The van der Waals surface area contributed by atoms with Crippen LogP contribution in [0.4, 0.5) is 11.8 Å². The smallest absolute Gasteiger partial charge is 0.224 e. The standard InChI is InChI=1S/C10H17BrN4O/c1-6(5-16)7(2)14-9-8(11)4-13-10(12-3)15-9/h4,6-7,16H,5H2,1-3H3,(H2,12,13,14,15). The molecule has 90 valence electrons. The van der Waals surface area contributed by atoms with Crippen LogP contribution in [0.1, 0.15) is 13.8 Å². The van der Waals surface area contributed by atoms with Gasteiger partial charge in [-0.05, 0) is 28.8 Å². The molecule has 1 aromatic heterocycles. The topological polar surface area (TPSA) is 70.1 Å². The number of aliphatic hydroxyl groups excluding tert-OH is 1. The molecule has 2 atom stereocenters. The third kappa shape index (κ3) is 3.31. The monoisotopic (exact) mass is 288 g/mol. The Morgan fingerprint density at radius 3 is 2.75 bits per heavy atom. The normalized spacial score (nSPS) is 14.3. The predicted octanol–water partition coefficient (Wildman–Crippen LogP) is 1.71. The summed E-state index contributed by atoms with van der Waals surface area (Å²) < 4.78 is 0.809. The number of hydrogen-bond acceptors (Lipinski definition) is 5. The zero-order valence-electron chi connectivity index (χ0n) is 9.66. The first-order valence-electron chi connectivity index (χ1n) is 5.16. The lowest BCUT2D eigenvalue weighted by molar-refractivity contribution is 0.226. The molecule has 1 aromatic rings. The number of nitrogens with zero attached hydrogens (tertiary/aromatic N) is 2. The molecule has 1 heterocycles. The maximum Gasteiger partial charge on any atom is 0.224 e. The van der Waals surface area contributed by atoms with Crippen LogP contribution in [0.15, 0.2) is 10.7 Å². The molecule has 0 radical (unpaired) electrons. The Hall–Kier alpha value is -0.880. The summed E-state index contributed by atoms with van der Waals surface area (Å²) in [6, 6.07) is 0.140. The molecule has 0 fully saturated rings. The first kappa shape index (κ1) is 13.2. The Balaban J connectivity index is 2.79. The van der Waals surface area contributed by atoms with Gasteiger partial charge in [0.1, 0.15) is 5.82 Å². The quantitative estimate of drug-likeness (QED) is 0.770. The molecule has 2 unspecified atom stereocenters. The largest absolute Gasteiger partial charge is 0.396 e. The van der Waals surface area contributed by atoms with E-state index in [4.69, 9.17) is 5.11 Å². The average Bonchev–Trinajstić information content (AvgIpc) is 2.30. The zero-order valence-corrected chi connectivity index (χ0v) is 11.2. The van der Waals surface area contributed by atoms with Crippen LogP contribution < -0.4 is 10.6 Å². The summed E-state index contributed by atoms with van der Waals surface area (Å²) in [6.45, 7) is 4.13. The van der Waals surface area contributed by atoms with Crippen molar-refractivity contribution in [3.8, 4) is 0 Å². The van der Waals surface area contributed by atoms with Gasteiger partial charge in [-0.25, -0.2) is 4.98 Å². The second kappa shape index (κ2) is 6.00. The minimum Gasteiger partial charge on any atom is -0.396 e. The van der Waals surface area contributed by atoms with E-state index in [0.717, 1.165) is 10.3 Å². The molecule has 0 saturated heterocycles. The molecule has 0 saturated carbocycles. The number of aliphatic hydroxyl groups is 1. The summed E-state index contributed by atoms with van der Waals surface area (Å²) in [5, 5.41) is 15.2. The van der Waals surface area contributed by atoms with Crippen LogP contribution in [0.5, 0.6) is 0 Å². The van der Waals surface area contributed by atoms with Crippen molar-refractivity contribution in [2.45, 2.75) is 19.9 Å². The molecule has 1 rings (SSSR count). The van der Waals surface area contributed by atoms with E-state index in [1.165, 1.54) is 0 Å². The van der Waals surface area contributed by atoms with Crippen LogP contribution in [0.2, 0.25) is 0 Å². The second-order valence-corrected chi connectivity index (χ2v) is 4.59. The van der Waals surface area contributed by atoms with Crippen molar-refractivity contribution in [1.82, 2.24) is 9.97 Å². The van der Waals surface area contributed by atoms with Crippen LogP contribution in [0.25, 0.3) is 0 Å². The van der Waals surface area contributed by atoms with Crippen molar-refractivity contribution in [3.63, 3.8) is 0 Å². The summed E-state index contributed by atoms with van der Waals surface area (Å²) in [6.07, 6.45) is 1.69. The molecule has 3 N–H and O–H groups in total. The van der Waals surface area contributed by atoms with E-state index in [1.807, 2.05) is 13.8 Å². The van der Waals surface area contributed by atoms with E-state index in [-0.39, 0.29) is 18.6 Å². The van der Waals surface area contributed by atoms with Crippen LogP contribution >= 0.6 is 15.9 Å². The van der Waals surface area contributed by atoms with Crippen molar-refractivity contribution < 1.29 is 5.11 Å². The van der Waals surface area contributed by atoms with Gasteiger partial charge in [0.25, 0.3) is 0 Å². The second-order valence-electron chi connectivity index (χ2n) is 3.73. The Morgan fingerprint density at radius 1 is 1.50 bits per heavy atom. The number of hydrogen-bond donors (Lipinski definition) is 3. The van der Waals surface area contributed by atoms with E-state index in [1.54, 1.807) is 13.2 Å². The minimum atomic E-state index is 0.140. The fourth-order valence-electron chi connectivity index (χ4n) is 1.10. The van der Waals surface area contributed by atoms with Gasteiger partial charge < -0.3 is 15.7 Å². The zero-order chi connectivity index (χ0) is 12.1. The third-order valence-corrected chi connectivity index (χ3v) is 3.05. The molecule has 0 aromatic carbocycles. The van der Waals surface area contributed by atoms with E-state index in [9.17, 15) is 0 Å². The van der Waals surface area contributed by atoms with Crippen molar-refractivity contribution in [2.24, 2.45) is 5.92 Å². The Morgan fingerprint density at radius 2 is 2.19 bits per heavy atom. The van der Waals surface area contributed by atoms with E-state index < -0.39 is 0 Å². The number of nitrogens with one attached hydrogen (secondary N) is 2. The first-order chi connectivity index (χ1) is 7.58. The Labute approximate surface area is 104 Å². The van der Waals surface area contributed by atoms with E-state index >= 15 is 0 Å². The van der Waals surface area contributed by atoms with Crippen LogP contribution in [-0.4, -0.2) is 34.8 Å². The number of rotatable bonds is 5. The number of aromatic nitrogens is 2. The van der Waals surface area contributed by atoms with Gasteiger partial charge in [-0.2, -0.15) is 4.98 Å². The maximum atomic E-state index is 9.06. The lowest BCUT2D eigenvalue weighted by Gasteiger charge is -2.20. The predicted molar refractivity (Wildman–Crippen MR) is 68.6 cm³/mol. The highest BCUT2D eigenvalue weighted by molar-refractivity contribution is 9.10. The molecule has 0 bridgehead atoms. The van der Waals surface area contributed by atoms with Gasteiger partial charge in [0, 0.05) is 25.9 Å². The van der Waals surface area contributed by atoms with Gasteiger partial charge in [0.05, 0.1) is 4.47 Å². The SMILES string of the molecule is CNc1ncc(Br)c(NC(C)C(C)CO)n1. The van der Waals surface area contributed by atoms with Gasteiger partial charge in [-0.3, -0.25) is 0 Å². The Kier molecular flexibility index (Phi) is 4.95. The maximum absolute atomic E-state index is 9.06. The van der Waals surface area contributed by atoms with E-state index in [0.29, 0.717) is 5.95 Å². The molecule has 16 heavy (non-hydrogen) atoms. The van der Waals surface area contributed by atoms with Gasteiger partial charge >= 0.3 is 0 Å². The molecule has 6 heteroatoms. The van der Waals surface area contributed by atoms with Crippen molar-refractivity contribution in [1.29, 1.82) is 0 Å². The molecule has 0 aliphatic rings. The van der Waals surface area contributed by atoms with Crippen molar-refractivity contribution in [2.75, 3.05) is 24.3 Å². The highest BCUT2D eigenvalue weighted by Gasteiger charge is 2.13. The highest BCUT2D eigenvalue weighted by Crippen LogP contribution is 2.21. The Bertz CT molecular complexity index is 348. The molecule has 0 spiro atoms. The molecular weight excluding hydrogens is 272 g/mol. The molecule has 0 amide bonds. The summed E-state index contributed by atoms with van der Waals surface area (Å²) in [7, 11) is 1.77. The lowest BCUT2D eigenvalue weighted by Crippen LogP contribution is -2.27. The highest BCUT2D eigenvalue weighted by atomic mass is 79.9. The fraction of sp³-hybridized carbons (Fsp3) is 0.600. The average molecular weight is 289 g/mol. The van der Waals surface area contributed by atoms with Crippen LogP contribution in [0, 0.1) is 5.92 Å². The molecule has 0 aliphatic heterocycles. The van der Waals surface area contributed by atoms with Gasteiger partial charge in [0.15, 0.2) is 0 Å². The first-order valence-corrected chi connectivity index (χ1v) is 5.95. The number of halogens is 1. The van der Waals surface area contributed by atoms with Crippen LogP contribution in [0.3, 0.4) is 0 Å². The summed E-state index contributed by atoms with van der Waals surface area (Å²) in [5.74, 6) is 1.46.